The van der Waals surface area contributed by atoms with Crippen molar-refractivity contribution in [2.75, 3.05) is 0 Å². The van der Waals surface area contributed by atoms with Gasteiger partial charge in [0, 0.05) is 0 Å². The predicted octanol–water partition coefficient (Wildman–Crippen LogP) is 8.17. The maximum absolute atomic E-state index is 10.3. The maximum Gasteiger partial charge on any atom is 0.0543 e. The number of hydrogen-bond donors (Lipinski definition) is 1. The van der Waals surface area contributed by atoms with Crippen LogP contribution in [0.3, 0.4) is 0 Å². The SMILES string of the molecule is CC[C@@H](CC[C@@H](C)[C@H]1CC[C@H]2C3=C(CC[C@]12C)[C@@]1(C)CC[C@H](O)C[C@@H]1CC3)C(C)C. The number of hydrogen-bond acceptors (Lipinski definition) is 1. The molecular weight excluding hydrogens is 364 g/mol. The van der Waals surface area contributed by atoms with Crippen molar-refractivity contribution in [3.05, 3.63) is 11.1 Å². The van der Waals surface area contributed by atoms with Gasteiger partial charge in [0.1, 0.15) is 0 Å². The largest absolute Gasteiger partial charge is 0.393 e. The van der Waals surface area contributed by atoms with Gasteiger partial charge >= 0.3 is 0 Å². The van der Waals surface area contributed by atoms with E-state index in [1.807, 2.05) is 11.1 Å². The molecular formula is C29H50O. The average Bonchev–Trinajstić information content (AvgIpc) is 3.06. The van der Waals surface area contributed by atoms with Gasteiger partial charge in [-0.05, 0) is 111 Å². The molecule has 2 fully saturated rings. The summed E-state index contributed by atoms with van der Waals surface area (Å²) in [6.45, 7) is 15.1. The van der Waals surface area contributed by atoms with E-state index in [0.29, 0.717) is 10.8 Å². The zero-order chi connectivity index (χ0) is 21.7. The highest BCUT2D eigenvalue weighted by Gasteiger charge is 2.55. The molecule has 8 atom stereocenters. The third kappa shape index (κ3) is 3.74. The Morgan fingerprint density at radius 3 is 2.43 bits per heavy atom. The number of rotatable bonds is 6. The van der Waals surface area contributed by atoms with Gasteiger partial charge < -0.3 is 5.11 Å². The molecule has 1 nitrogen and oxygen atoms in total. The van der Waals surface area contributed by atoms with Gasteiger partial charge in [0.05, 0.1) is 6.10 Å². The van der Waals surface area contributed by atoms with Gasteiger partial charge in [0.2, 0.25) is 0 Å². The Balaban J connectivity index is 1.50. The van der Waals surface area contributed by atoms with Crippen molar-refractivity contribution in [2.45, 2.75) is 125 Å². The molecule has 1 heteroatoms. The van der Waals surface area contributed by atoms with Crippen LogP contribution in [0.5, 0.6) is 0 Å². The second kappa shape index (κ2) is 8.57. The van der Waals surface area contributed by atoms with Crippen LogP contribution in [0.1, 0.15) is 119 Å². The number of aliphatic hydroxyl groups excluding tert-OH is 1. The van der Waals surface area contributed by atoms with Crippen molar-refractivity contribution in [3.63, 3.8) is 0 Å². The summed E-state index contributed by atoms with van der Waals surface area (Å²) in [5, 5.41) is 10.3. The first-order chi connectivity index (χ1) is 14.2. The molecule has 0 saturated heterocycles. The molecule has 1 N–H and O–H groups in total. The van der Waals surface area contributed by atoms with Crippen molar-refractivity contribution in [1.82, 2.24) is 0 Å². The summed E-state index contributed by atoms with van der Waals surface area (Å²) in [5.41, 5.74) is 4.76. The van der Waals surface area contributed by atoms with Crippen LogP contribution in [-0.2, 0) is 0 Å². The molecule has 172 valence electrons. The van der Waals surface area contributed by atoms with E-state index in [2.05, 4.69) is 41.5 Å². The summed E-state index contributed by atoms with van der Waals surface area (Å²) < 4.78 is 0. The van der Waals surface area contributed by atoms with Gasteiger partial charge in [-0.1, -0.05) is 65.5 Å². The Hall–Kier alpha value is -0.300. The molecule has 0 radical (unpaired) electrons. The first-order valence-electron chi connectivity index (χ1n) is 13.6. The topological polar surface area (TPSA) is 20.2 Å². The summed E-state index contributed by atoms with van der Waals surface area (Å²) in [6.07, 6.45) is 15.9. The molecule has 0 aliphatic heterocycles. The normalized spacial score (nSPS) is 43.2. The lowest BCUT2D eigenvalue weighted by atomic mass is 9.50. The molecule has 0 aromatic carbocycles. The fourth-order valence-electron chi connectivity index (χ4n) is 9.10. The lowest BCUT2D eigenvalue weighted by molar-refractivity contribution is 0.0131. The lowest BCUT2D eigenvalue weighted by Crippen LogP contribution is -2.45. The predicted molar refractivity (Wildman–Crippen MR) is 128 cm³/mol. The Kier molecular flexibility index (Phi) is 6.53. The zero-order valence-corrected chi connectivity index (χ0v) is 21.0. The minimum Gasteiger partial charge on any atom is -0.393 e. The van der Waals surface area contributed by atoms with Crippen LogP contribution in [-0.4, -0.2) is 11.2 Å². The average molecular weight is 415 g/mol. The molecule has 0 bridgehead atoms. The van der Waals surface area contributed by atoms with Crippen LogP contribution in [0.15, 0.2) is 11.1 Å². The van der Waals surface area contributed by atoms with Crippen LogP contribution < -0.4 is 0 Å². The van der Waals surface area contributed by atoms with Gasteiger partial charge in [-0.15, -0.1) is 0 Å². The zero-order valence-electron chi connectivity index (χ0n) is 21.0. The molecule has 0 unspecified atom stereocenters. The molecule has 4 rings (SSSR count). The molecule has 0 aromatic heterocycles. The lowest BCUT2D eigenvalue weighted by Gasteiger charge is -2.55. The number of aliphatic hydroxyl groups is 1. The fourth-order valence-corrected chi connectivity index (χ4v) is 9.10. The Morgan fingerprint density at radius 1 is 0.967 bits per heavy atom. The Labute approximate surface area is 187 Å². The highest BCUT2D eigenvalue weighted by molar-refractivity contribution is 5.34. The van der Waals surface area contributed by atoms with E-state index in [4.69, 9.17) is 0 Å². The smallest absolute Gasteiger partial charge is 0.0543 e. The van der Waals surface area contributed by atoms with Crippen LogP contribution in [0.2, 0.25) is 0 Å². The third-order valence-electron chi connectivity index (χ3n) is 11.2. The van der Waals surface area contributed by atoms with Crippen LogP contribution >= 0.6 is 0 Å². The first-order valence-corrected chi connectivity index (χ1v) is 13.6. The number of allylic oxidation sites excluding steroid dienone is 2. The van der Waals surface area contributed by atoms with Crippen LogP contribution in [0, 0.1) is 46.3 Å². The molecule has 4 aliphatic rings. The van der Waals surface area contributed by atoms with E-state index in [9.17, 15) is 5.11 Å². The monoisotopic (exact) mass is 414 g/mol. The van der Waals surface area contributed by atoms with Crippen LogP contribution in [0.4, 0.5) is 0 Å². The summed E-state index contributed by atoms with van der Waals surface area (Å²) in [5.74, 6) is 5.16. The number of fused-ring (bicyclic) bond motifs is 4. The minimum absolute atomic E-state index is 0.0337. The van der Waals surface area contributed by atoms with Gasteiger partial charge in [-0.3, -0.25) is 0 Å². The van der Waals surface area contributed by atoms with Crippen molar-refractivity contribution in [3.8, 4) is 0 Å². The van der Waals surface area contributed by atoms with Gasteiger partial charge in [0.25, 0.3) is 0 Å². The van der Waals surface area contributed by atoms with Gasteiger partial charge in [-0.2, -0.15) is 0 Å². The molecule has 0 heterocycles. The Morgan fingerprint density at radius 2 is 1.73 bits per heavy atom. The molecule has 4 aliphatic carbocycles. The fraction of sp³-hybridized carbons (Fsp3) is 0.931. The first kappa shape index (κ1) is 22.9. The third-order valence-corrected chi connectivity index (χ3v) is 11.2. The van der Waals surface area contributed by atoms with Crippen molar-refractivity contribution >= 4 is 0 Å². The summed E-state index contributed by atoms with van der Waals surface area (Å²) >= 11 is 0. The van der Waals surface area contributed by atoms with E-state index in [1.165, 1.54) is 64.2 Å². The highest BCUT2D eigenvalue weighted by atomic mass is 16.3. The van der Waals surface area contributed by atoms with E-state index in [0.717, 1.165) is 48.3 Å². The second-order valence-electron chi connectivity index (χ2n) is 12.8. The minimum atomic E-state index is -0.0337. The quantitative estimate of drug-likeness (QED) is 0.434. The van der Waals surface area contributed by atoms with E-state index in [1.54, 1.807) is 0 Å². The molecule has 2 saturated carbocycles. The molecule has 0 spiro atoms. The van der Waals surface area contributed by atoms with E-state index < -0.39 is 0 Å². The summed E-state index contributed by atoms with van der Waals surface area (Å²) in [7, 11) is 0. The van der Waals surface area contributed by atoms with Crippen molar-refractivity contribution < 1.29 is 5.11 Å². The van der Waals surface area contributed by atoms with E-state index >= 15 is 0 Å². The standard InChI is InChI=1S/C29H50O/c1-7-21(19(2)3)9-8-20(4)25-12-13-26-24-11-10-22-18-23(30)14-16-28(22,5)27(24)15-17-29(25,26)6/h19-23,25-26,30H,7-18H2,1-6H3/t20-,21+,22+,23+,25-,26+,28+,29-/m1/s1. The molecule has 0 aromatic rings. The van der Waals surface area contributed by atoms with Gasteiger partial charge in [-0.25, -0.2) is 0 Å². The highest BCUT2D eigenvalue weighted by Crippen LogP contribution is 2.66. The Bertz CT molecular complexity index is 647. The molecule has 30 heavy (non-hydrogen) atoms. The van der Waals surface area contributed by atoms with E-state index in [-0.39, 0.29) is 6.10 Å². The van der Waals surface area contributed by atoms with Crippen LogP contribution in [0.25, 0.3) is 0 Å². The summed E-state index contributed by atoms with van der Waals surface area (Å²) in [4.78, 5) is 0. The summed E-state index contributed by atoms with van der Waals surface area (Å²) in [6, 6.07) is 0. The van der Waals surface area contributed by atoms with Gasteiger partial charge in [0.15, 0.2) is 0 Å². The second-order valence-corrected chi connectivity index (χ2v) is 12.8. The van der Waals surface area contributed by atoms with Crippen molar-refractivity contribution in [2.24, 2.45) is 46.3 Å². The van der Waals surface area contributed by atoms with Crippen molar-refractivity contribution in [1.29, 1.82) is 0 Å². The molecule has 0 amide bonds. The maximum atomic E-state index is 10.3.